The van der Waals surface area contributed by atoms with Crippen LogP contribution in [-0.4, -0.2) is 45.8 Å². The van der Waals surface area contributed by atoms with E-state index < -0.39 is 24.1 Å². The molecule has 7 nitrogen and oxygen atoms in total. The van der Waals surface area contributed by atoms with Crippen LogP contribution in [0, 0.1) is 0 Å². The van der Waals surface area contributed by atoms with Gasteiger partial charge < -0.3 is 10.1 Å². The number of amides is 1. The molecule has 2 aromatic rings. The molecule has 118 valence electrons. The summed E-state index contributed by atoms with van der Waals surface area (Å²) in [5, 5.41) is 9.20. The summed E-state index contributed by atoms with van der Waals surface area (Å²) in [7, 11) is 1.01. The van der Waals surface area contributed by atoms with Crippen molar-refractivity contribution in [2.75, 3.05) is 7.11 Å². The monoisotopic (exact) mass is 316 g/mol. The number of rotatable bonds is 4. The zero-order valence-electron chi connectivity index (χ0n) is 11.3. The highest BCUT2D eigenvalue weighted by Gasteiger charge is 2.41. The summed E-state index contributed by atoms with van der Waals surface area (Å²) in [5.41, 5.74) is 0.461. The van der Waals surface area contributed by atoms with Crippen molar-refractivity contribution in [2.45, 2.75) is 18.6 Å². The molecule has 1 amide bonds. The summed E-state index contributed by atoms with van der Waals surface area (Å²) in [6, 6.07) is 3.49. The molecular formula is C12H11F3N4O3. The van der Waals surface area contributed by atoms with Gasteiger partial charge >= 0.3 is 18.1 Å². The highest BCUT2D eigenvalue weighted by Crippen LogP contribution is 2.15. The lowest BCUT2D eigenvalue weighted by Gasteiger charge is -2.16. The van der Waals surface area contributed by atoms with Gasteiger partial charge in [-0.05, 0) is 12.1 Å². The lowest BCUT2D eigenvalue weighted by molar-refractivity contribution is -0.175. The number of ether oxygens (including phenoxy) is 1. The van der Waals surface area contributed by atoms with Gasteiger partial charge in [-0.25, -0.2) is 4.79 Å². The fraction of sp³-hybridized carbons (Fsp3) is 0.333. The molecule has 0 spiro atoms. The van der Waals surface area contributed by atoms with Crippen LogP contribution in [0.3, 0.4) is 0 Å². The van der Waals surface area contributed by atoms with Crippen molar-refractivity contribution in [3.05, 3.63) is 30.2 Å². The second kappa shape index (κ2) is 6.00. The van der Waals surface area contributed by atoms with Crippen LogP contribution in [0.4, 0.5) is 13.2 Å². The standard InChI is InChI=1S/C12H11F3N4O3/c1-22-10(20)7(16-11(21)12(13,14)15)6-9-18-17-8-4-2-3-5-19(8)9/h2-5,7H,6H2,1H3,(H,16,21)/t7-/m1/s1. The lowest BCUT2D eigenvalue weighted by atomic mass is 10.2. The Kier molecular flexibility index (Phi) is 4.29. The molecule has 2 rings (SSSR count). The molecule has 0 aliphatic rings. The van der Waals surface area contributed by atoms with E-state index in [2.05, 4.69) is 14.9 Å². The van der Waals surface area contributed by atoms with E-state index in [4.69, 9.17) is 0 Å². The summed E-state index contributed by atoms with van der Waals surface area (Å²) >= 11 is 0. The van der Waals surface area contributed by atoms with E-state index in [9.17, 15) is 22.8 Å². The van der Waals surface area contributed by atoms with E-state index in [-0.39, 0.29) is 12.2 Å². The number of halogens is 3. The molecular weight excluding hydrogens is 305 g/mol. The van der Waals surface area contributed by atoms with Gasteiger partial charge in [0.15, 0.2) is 5.65 Å². The fourth-order valence-electron chi connectivity index (χ4n) is 1.79. The van der Waals surface area contributed by atoms with E-state index in [0.29, 0.717) is 5.65 Å². The Hall–Kier alpha value is -2.65. The van der Waals surface area contributed by atoms with Crippen molar-refractivity contribution >= 4 is 17.5 Å². The zero-order valence-corrected chi connectivity index (χ0v) is 11.3. The van der Waals surface area contributed by atoms with Crippen LogP contribution in [0.15, 0.2) is 24.4 Å². The van der Waals surface area contributed by atoms with Crippen molar-refractivity contribution in [3.8, 4) is 0 Å². The van der Waals surface area contributed by atoms with Crippen LogP contribution < -0.4 is 5.32 Å². The molecule has 0 bridgehead atoms. The van der Waals surface area contributed by atoms with E-state index >= 15 is 0 Å². The largest absolute Gasteiger partial charge is 0.471 e. The molecule has 1 N–H and O–H groups in total. The number of methoxy groups -OCH3 is 1. The fourth-order valence-corrected chi connectivity index (χ4v) is 1.79. The second-order valence-corrected chi connectivity index (χ2v) is 4.30. The number of nitrogens with one attached hydrogen (secondary N) is 1. The highest BCUT2D eigenvalue weighted by atomic mass is 19.4. The third-order valence-corrected chi connectivity index (χ3v) is 2.82. The Morgan fingerprint density at radius 1 is 1.36 bits per heavy atom. The topological polar surface area (TPSA) is 85.6 Å². The first-order valence-corrected chi connectivity index (χ1v) is 6.07. The third-order valence-electron chi connectivity index (χ3n) is 2.82. The summed E-state index contributed by atoms with van der Waals surface area (Å²) in [5.74, 6) is -3.02. The summed E-state index contributed by atoms with van der Waals surface area (Å²) in [6.45, 7) is 0. The first kappa shape index (κ1) is 15.7. The molecule has 1 atom stereocenters. The number of esters is 1. The Balaban J connectivity index is 2.23. The molecule has 0 saturated heterocycles. The normalized spacial score (nSPS) is 12.9. The third kappa shape index (κ3) is 3.32. The van der Waals surface area contributed by atoms with E-state index in [1.54, 1.807) is 29.7 Å². The van der Waals surface area contributed by atoms with Crippen LogP contribution in [0.1, 0.15) is 5.82 Å². The molecule has 0 saturated carbocycles. The lowest BCUT2D eigenvalue weighted by Crippen LogP contribution is -2.48. The Morgan fingerprint density at radius 3 is 2.73 bits per heavy atom. The van der Waals surface area contributed by atoms with Crippen molar-refractivity contribution < 1.29 is 27.5 Å². The highest BCUT2D eigenvalue weighted by molar-refractivity contribution is 5.87. The number of pyridine rings is 1. The van der Waals surface area contributed by atoms with Gasteiger partial charge in [0.1, 0.15) is 11.9 Å². The molecule has 0 fully saturated rings. The smallest absolute Gasteiger partial charge is 0.467 e. The molecule has 0 unspecified atom stereocenters. The van der Waals surface area contributed by atoms with Crippen molar-refractivity contribution in [1.82, 2.24) is 19.9 Å². The minimum absolute atomic E-state index is 0.216. The van der Waals surface area contributed by atoms with Crippen LogP contribution >= 0.6 is 0 Å². The predicted octanol–water partition coefficient (Wildman–Crippen LogP) is 0.492. The second-order valence-electron chi connectivity index (χ2n) is 4.30. The van der Waals surface area contributed by atoms with E-state index in [0.717, 1.165) is 7.11 Å². The van der Waals surface area contributed by atoms with Crippen molar-refractivity contribution in [1.29, 1.82) is 0 Å². The molecule has 22 heavy (non-hydrogen) atoms. The summed E-state index contributed by atoms with van der Waals surface area (Å²) in [4.78, 5) is 22.6. The van der Waals surface area contributed by atoms with Gasteiger partial charge in [-0.3, -0.25) is 9.20 Å². The molecule has 0 aromatic carbocycles. The van der Waals surface area contributed by atoms with Gasteiger partial charge in [0.05, 0.1) is 7.11 Å². The number of carbonyl (C=O) groups is 2. The van der Waals surface area contributed by atoms with E-state index in [1.807, 2.05) is 0 Å². The molecule has 2 aromatic heterocycles. The maximum atomic E-state index is 12.3. The zero-order chi connectivity index (χ0) is 16.3. The Bertz CT molecular complexity index is 698. The van der Waals surface area contributed by atoms with E-state index in [1.165, 1.54) is 4.40 Å². The van der Waals surface area contributed by atoms with Gasteiger partial charge in [0.25, 0.3) is 0 Å². The predicted molar refractivity (Wildman–Crippen MR) is 66.7 cm³/mol. The van der Waals surface area contributed by atoms with Gasteiger partial charge in [-0.1, -0.05) is 6.07 Å². The number of nitrogens with zero attached hydrogens (tertiary/aromatic N) is 3. The molecule has 0 aliphatic heterocycles. The maximum absolute atomic E-state index is 12.3. The van der Waals surface area contributed by atoms with Crippen molar-refractivity contribution in [3.63, 3.8) is 0 Å². The number of aromatic nitrogens is 3. The Morgan fingerprint density at radius 2 is 2.09 bits per heavy atom. The summed E-state index contributed by atoms with van der Waals surface area (Å²) < 4.78 is 42.8. The van der Waals surface area contributed by atoms with Crippen molar-refractivity contribution in [2.24, 2.45) is 0 Å². The van der Waals surface area contributed by atoms with Crippen LogP contribution in [0.5, 0.6) is 0 Å². The number of fused-ring (bicyclic) bond motifs is 1. The summed E-state index contributed by atoms with van der Waals surface area (Å²) in [6.07, 6.45) is -3.80. The minimum atomic E-state index is -5.10. The molecule has 0 radical (unpaired) electrons. The number of hydrogen-bond acceptors (Lipinski definition) is 5. The SMILES string of the molecule is COC(=O)[C@@H](Cc1nnc2ccccn12)NC(=O)C(F)(F)F. The minimum Gasteiger partial charge on any atom is -0.467 e. The Labute approximate surface area is 122 Å². The average molecular weight is 316 g/mol. The van der Waals surface area contributed by atoms with Crippen LogP contribution in [-0.2, 0) is 20.7 Å². The number of carbonyl (C=O) groups excluding carboxylic acids is 2. The van der Waals surface area contributed by atoms with Gasteiger partial charge in [0.2, 0.25) is 0 Å². The molecule has 2 heterocycles. The molecule has 10 heteroatoms. The average Bonchev–Trinajstić information content (AvgIpc) is 2.88. The molecule has 0 aliphatic carbocycles. The van der Waals surface area contributed by atoms with Crippen LogP contribution in [0.25, 0.3) is 5.65 Å². The van der Waals surface area contributed by atoms with Gasteiger partial charge in [-0.15, -0.1) is 10.2 Å². The first-order valence-electron chi connectivity index (χ1n) is 6.07. The number of alkyl halides is 3. The quantitative estimate of drug-likeness (QED) is 0.830. The van der Waals surface area contributed by atoms with Gasteiger partial charge in [-0.2, -0.15) is 13.2 Å². The maximum Gasteiger partial charge on any atom is 0.471 e. The van der Waals surface area contributed by atoms with Crippen LogP contribution in [0.2, 0.25) is 0 Å². The number of hydrogen-bond donors (Lipinski definition) is 1. The first-order chi connectivity index (χ1) is 10.3. The van der Waals surface area contributed by atoms with Gasteiger partial charge in [0, 0.05) is 12.6 Å².